The fourth-order valence-electron chi connectivity index (χ4n) is 3.48. The van der Waals surface area contributed by atoms with Crippen molar-refractivity contribution < 1.29 is 9.59 Å². The highest BCUT2D eigenvalue weighted by atomic mass is 35.5. The van der Waals surface area contributed by atoms with Crippen molar-refractivity contribution in [3.8, 4) is 0 Å². The number of carbonyl (C=O) groups is 2. The molecule has 7 heteroatoms. The lowest BCUT2D eigenvalue weighted by Crippen LogP contribution is -2.36. The number of nitrogens with one attached hydrogen (secondary N) is 1. The minimum absolute atomic E-state index is 0. The average Bonchev–Trinajstić information content (AvgIpc) is 2.62. The van der Waals surface area contributed by atoms with Gasteiger partial charge in [0.1, 0.15) is 0 Å². The lowest BCUT2D eigenvalue weighted by atomic mass is 9.71. The lowest BCUT2D eigenvalue weighted by Gasteiger charge is -2.35. The summed E-state index contributed by atoms with van der Waals surface area (Å²) in [6.45, 7) is 4.42. The molecule has 0 radical (unpaired) electrons. The van der Waals surface area contributed by atoms with Crippen LogP contribution in [0.2, 0.25) is 5.02 Å². The minimum Gasteiger partial charge on any atom is -0.339 e. The Morgan fingerprint density at radius 2 is 1.89 bits per heavy atom. The van der Waals surface area contributed by atoms with Gasteiger partial charge in [0.25, 0.3) is 5.91 Å². The number of benzene rings is 1. The van der Waals surface area contributed by atoms with Crippen molar-refractivity contribution in [2.24, 2.45) is 11.1 Å². The van der Waals surface area contributed by atoms with Crippen LogP contribution >= 0.6 is 24.0 Å². The highest BCUT2D eigenvalue weighted by Gasteiger charge is 2.33. The standard InChI is InChI=1S/C20H30ClN3O2.ClH/c1-14(2)24(3)19(26)15-7-8-16(21)17(11-15)23-18(25)12-20(13-22)9-5-4-6-10-20;/h7-8,11,14H,4-6,9-10,12-13,22H2,1-3H3,(H,23,25);1H. The van der Waals surface area contributed by atoms with Gasteiger partial charge in [-0.05, 0) is 56.8 Å². The highest BCUT2D eigenvalue weighted by molar-refractivity contribution is 6.33. The molecule has 0 bridgehead atoms. The molecule has 0 unspecified atom stereocenters. The van der Waals surface area contributed by atoms with Crippen molar-refractivity contribution in [1.82, 2.24) is 4.90 Å². The van der Waals surface area contributed by atoms with Crippen LogP contribution in [0, 0.1) is 5.41 Å². The number of halogens is 2. The topological polar surface area (TPSA) is 75.4 Å². The maximum atomic E-state index is 12.6. The molecular formula is C20H31Cl2N3O2. The van der Waals surface area contributed by atoms with Gasteiger partial charge < -0.3 is 16.0 Å². The van der Waals surface area contributed by atoms with Crippen LogP contribution in [-0.2, 0) is 4.79 Å². The number of nitrogens with two attached hydrogens (primary N) is 1. The summed E-state index contributed by atoms with van der Waals surface area (Å²) >= 11 is 6.23. The van der Waals surface area contributed by atoms with E-state index < -0.39 is 0 Å². The Morgan fingerprint density at radius 1 is 1.26 bits per heavy atom. The van der Waals surface area contributed by atoms with Gasteiger partial charge in [-0.25, -0.2) is 0 Å². The van der Waals surface area contributed by atoms with Crippen molar-refractivity contribution in [1.29, 1.82) is 0 Å². The molecule has 0 aliphatic heterocycles. The van der Waals surface area contributed by atoms with Gasteiger partial charge in [0, 0.05) is 25.1 Å². The summed E-state index contributed by atoms with van der Waals surface area (Å²) in [4.78, 5) is 26.8. The fourth-order valence-corrected chi connectivity index (χ4v) is 3.65. The van der Waals surface area contributed by atoms with Crippen molar-refractivity contribution in [3.05, 3.63) is 28.8 Å². The molecule has 2 amide bonds. The predicted molar refractivity (Wildman–Crippen MR) is 114 cm³/mol. The van der Waals surface area contributed by atoms with E-state index in [1.54, 1.807) is 30.1 Å². The van der Waals surface area contributed by atoms with Gasteiger partial charge >= 0.3 is 0 Å². The molecular weight excluding hydrogens is 385 g/mol. The predicted octanol–water partition coefficient (Wildman–Crippen LogP) is 4.48. The van der Waals surface area contributed by atoms with E-state index >= 15 is 0 Å². The van der Waals surface area contributed by atoms with E-state index in [1.807, 2.05) is 13.8 Å². The van der Waals surface area contributed by atoms with Gasteiger partial charge in [0.2, 0.25) is 5.91 Å². The molecule has 1 aromatic carbocycles. The minimum atomic E-state index is -0.111. The molecule has 3 N–H and O–H groups in total. The molecule has 27 heavy (non-hydrogen) atoms. The summed E-state index contributed by atoms with van der Waals surface area (Å²) in [6.07, 6.45) is 5.82. The number of hydrogen-bond donors (Lipinski definition) is 2. The molecule has 2 rings (SSSR count). The van der Waals surface area contributed by atoms with E-state index in [1.165, 1.54) is 6.42 Å². The molecule has 1 aliphatic carbocycles. The van der Waals surface area contributed by atoms with Gasteiger partial charge in [-0.2, -0.15) is 0 Å². The van der Waals surface area contributed by atoms with Crippen LogP contribution in [0.3, 0.4) is 0 Å². The number of hydrogen-bond acceptors (Lipinski definition) is 3. The smallest absolute Gasteiger partial charge is 0.253 e. The van der Waals surface area contributed by atoms with Gasteiger partial charge in [-0.15, -0.1) is 12.4 Å². The molecule has 1 saturated carbocycles. The highest BCUT2D eigenvalue weighted by Crippen LogP contribution is 2.38. The summed E-state index contributed by atoms with van der Waals surface area (Å²) in [7, 11) is 1.76. The zero-order valence-electron chi connectivity index (χ0n) is 16.4. The summed E-state index contributed by atoms with van der Waals surface area (Å²) in [5.41, 5.74) is 6.85. The Hall–Kier alpha value is -1.30. The third kappa shape index (κ3) is 6.09. The summed E-state index contributed by atoms with van der Waals surface area (Å²) in [5.74, 6) is -0.195. The zero-order valence-corrected chi connectivity index (χ0v) is 18.0. The van der Waals surface area contributed by atoms with Crippen LogP contribution in [0.25, 0.3) is 0 Å². The largest absolute Gasteiger partial charge is 0.339 e. The molecule has 1 fully saturated rings. The quantitative estimate of drug-likeness (QED) is 0.718. The molecule has 1 aromatic rings. The molecule has 0 saturated heterocycles. The fraction of sp³-hybridized carbons (Fsp3) is 0.600. The van der Waals surface area contributed by atoms with Crippen molar-refractivity contribution >= 4 is 41.5 Å². The molecule has 152 valence electrons. The average molecular weight is 416 g/mol. The van der Waals surface area contributed by atoms with E-state index in [2.05, 4.69) is 5.32 Å². The van der Waals surface area contributed by atoms with Crippen LogP contribution in [0.4, 0.5) is 5.69 Å². The van der Waals surface area contributed by atoms with Crippen LogP contribution in [0.15, 0.2) is 18.2 Å². The Balaban J connectivity index is 0.00000364. The molecule has 5 nitrogen and oxygen atoms in total. The number of rotatable bonds is 6. The van der Waals surface area contributed by atoms with Crippen LogP contribution < -0.4 is 11.1 Å². The normalized spacial score (nSPS) is 15.8. The molecule has 0 aromatic heterocycles. The third-order valence-electron chi connectivity index (χ3n) is 5.47. The molecule has 0 heterocycles. The van der Waals surface area contributed by atoms with E-state index in [0.29, 0.717) is 29.2 Å². The Kier molecular flexibility index (Phi) is 9.06. The van der Waals surface area contributed by atoms with Gasteiger partial charge in [-0.3, -0.25) is 9.59 Å². The first-order valence-electron chi connectivity index (χ1n) is 9.34. The first-order valence-corrected chi connectivity index (χ1v) is 9.72. The Morgan fingerprint density at radius 3 is 2.44 bits per heavy atom. The summed E-state index contributed by atoms with van der Waals surface area (Å²) in [6, 6.07) is 5.07. The van der Waals surface area contributed by atoms with Crippen LogP contribution in [-0.4, -0.2) is 36.3 Å². The van der Waals surface area contributed by atoms with E-state index in [4.69, 9.17) is 17.3 Å². The molecule has 1 aliphatic rings. The van der Waals surface area contributed by atoms with Crippen molar-refractivity contribution in [2.75, 3.05) is 18.9 Å². The first kappa shape index (κ1) is 23.7. The third-order valence-corrected chi connectivity index (χ3v) is 5.79. The van der Waals surface area contributed by atoms with Gasteiger partial charge in [-0.1, -0.05) is 30.9 Å². The summed E-state index contributed by atoms with van der Waals surface area (Å²) < 4.78 is 0. The van der Waals surface area contributed by atoms with Crippen LogP contribution in [0.5, 0.6) is 0 Å². The maximum Gasteiger partial charge on any atom is 0.253 e. The number of amides is 2. The molecule has 0 spiro atoms. The lowest BCUT2D eigenvalue weighted by molar-refractivity contribution is -0.118. The second kappa shape index (κ2) is 10.3. The Labute approximate surface area is 173 Å². The number of anilines is 1. The van der Waals surface area contributed by atoms with Crippen LogP contribution in [0.1, 0.15) is 62.7 Å². The number of nitrogens with zero attached hydrogens (tertiary/aromatic N) is 1. The van der Waals surface area contributed by atoms with Crippen molar-refractivity contribution in [3.63, 3.8) is 0 Å². The van der Waals surface area contributed by atoms with Gasteiger partial charge in [0.15, 0.2) is 0 Å². The van der Waals surface area contributed by atoms with E-state index in [0.717, 1.165) is 25.7 Å². The molecule has 0 atom stereocenters. The van der Waals surface area contributed by atoms with Crippen molar-refractivity contribution in [2.45, 2.75) is 58.4 Å². The summed E-state index contributed by atoms with van der Waals surface area (Å²) in [5, 5.41) is 3.31. The maximum absolute atomic E-state index is 12.6. The Bertz CT molecular complexity index is 659. The number of carbonyl (C=O) groups excluding carboxylic acids is 2. The second-order valence-electron chi connectivity index (χ2n) is 7.69. The SMILES string of the molecule is CC(C)N(C)C(=O)c1ccc(Cl)c(NC(=O)CC2(CN)CCCCC2)c1.Cl. The van der Waals surface area contributed by atoms with E-state index in [9.17, 15) is 9.59 Å². The second-order valence-corrected chi connectivity index (χ2v) is 8.10. The van der Waals surface area contributed by atoms with E-state index in [-0.39, 0.29) is 35.7 Å². The monoisotopic (exact) mass is 415 g/mol. The van der Waals surface area contributed by atoms with Gasteiger partial charge in [0.05, 0.1) is 10.7 Å². The first-order chi connectivity index (χ1) is 12.3. The zero-order chi connectivity index (χ0) is 19.3.